The Morgan fingerprint density at radius 3 is 2.67 bits per heavy atom. The highest BCUT2D eigenvalue weighted by Gasteiger charge is 2.25. The van der Waals surface area contributed by atoms with Crippen molar-refractivity contribution in [3.05, 3.63) is 23.2 Å². The predicted octanol–water partition coefficient (Wildman–Crippen LogP) is 2.47. The van der Waals surface area contributed by atoms with Gasteiger partial charge in [0, 0.05) is 26.2 Å². The lowest BCUT2D eigenvalue weighted by Gasteiger charge is -2.36. The molecule has 0 unspecified atom stereocenters. The van der Waals surface area contributed by atoms with Crippen molar-refractivity contribution < 1.29 is 14.3 Å². The minimum atomic E-state index is -0.383. The molecule has 0 aliphatic carbocycles. The summed E-state index contributed by atoms with van der Waals surface area (Å²) in [6, 6.07) is 7.04. The van der Waals surface area contributed by atoms with Crippen molar-refractivity contribution in [2.75, 3.05) is 43.0 Å². The first-order valence-corrected chi connectivity index (χ1v) is 8.06. The molecule has 1 N–H and O–H groups in total. The molecule has 2 rings (SSSR count). The molecule has 0 aromatic heterocycles. The Balaban J connectivity index is 2.11. The van der Waals surface area contributed by atoms with Crippen LogP contribution in [-0.4, -0.2) is 49.7 Å². The van der Waals surface area contributed by atoms with Crippen molar-refractivity contribution in [2.45, 2.75) is 13.3 Å². The van der Waals surface area contributed by atoms with Crippen molar-refractivity contribution in [3.63, 3.8) is 0 Å². The first kappa shape index (κ1) is 17.9. The van der Waals surface area contributed by atoms with Crippen LogP contribution in [0.4, 0.5) is 16.2 Å². The number of para-hydroxylation sites is 1. The zero-order valence-electron chi connectivity index (χ0n) is 13.4. The van der Waals surface area contributed by atoms with E-state index in [2.05, 4.69) is 5.32 Å². The van der Waals surface area contributed by atoms with Gasteiger partial charge in [-0.3, -0.25) is 4.79 Å². The quantitative estimate of drug-likeness (QED) is 0.901. The number of amides is 2. The van der Waals surface area contributed by atoms with E-state index in [-0.39, 0.29) is 18.4 Å². The molecular formula is C16H19ClN4O3. The SMILES string of the molecule is CCOC(=O)N1CCN(c2c(Cl)cccc2NC(=O)CC#N)CC1. The Morgan fingerprint density at radius 2 is 2.04 bits per heavy atom. The lowest BCUT2D eigenvalue weighted by molar-refractivity contribution is -0.115. The molecule has 1 aliphatic rings. The van der Waals surface area contributed by atoms with E-state index in [9.17, 15) is 9.59 Å². The van der Waals surface area contributed by atoms with Gasteiger partial charge < -0.3 is 19.9 Å². The van der Waals surface area contributed by atoms with Crippen LogP contribution in [0.25, 0.3) is 0 Å². The summed E-state index contributed by atoms with van der Waals surface area (Å²) in [6.07, 6.45) is -0.540. The summed E-state index contributed by atoms with van der Waals surface area (Å²) < 4.78 is 5.00. The number of rotatable bonds is 4. The number of hydrogen-bond donors (Lipinski definition) is 1. The van der Waals surface area contributed by atoms with Crippen molar-refractivity contribution in [2.24, 2.45) is 0 Å². The van der Waals surface area contributed by atoms with Crippen LogP contribution in [0.5, 0.6) is 0 Å². The Morgan fingerprint density at radius 1 is 1.33 bits per heavy atom. The number of nitrogens with one attached hydrogen (secondary N) is 1. The zero-order chi connectivity index (χ0) is 17.5. The number of carbonyl (C=O) groups excluding carboxylic acids is 2. The monoisotopic (exact) mass is 350 g/mol. The maximum atomic E-state index is 11.8. The first-order valence-electron chi connectivity index (χ1n) is 7.68. The second-order valence-electron chi connectivity index (χ2n) is 5.19. The molecule has 0 spiro atoms. The third kappa shape index (κ3) is 4.30. The molecule has 128 valence electrons. The van der Waals surface area contributed by atoms with Gasteiger partial charge >= 0.3 is 6.09 Å². The molecule has 24 heavy (non-hydrogen) atoms. The molecule has 7 nitrogen and oxygen atoms in total. The molecule has 1 aromatic rings. The van der Waals surface area contributed by atoms with Crippen LogP contribution in [0.15, 0.2) is 18.2 Å². The lowest BCUT2D eigenvalue weighted by atomic mass is 10.2. The maximum Gasteiger partial charge on any atom is 0.409 e. The van der Waals surface area contributed by atoms with Gasteiger partial charge in [-0.05, 0) is 19.1 Å². The number of hydrogen-bond acceptors (Lipinski definition) is 5. The van der Waals surface area contributed by atoms with E-state index in [1.165, 1.54) is 0 Å². The molecule has 1 saturated heterocycles. The smallest absolute Gasteiger partial charge is 0.409 e. The van der Waals surface area contributed by atoms with E-state index in [0.29, 0.717) is 49.2 Å². The van der Waals surface area contributed by atoms with Gasteiger partial charge in [0.05, 0.1) is 29.1 Å². The number of piperazine rings is 1. The van der Waals surface area contributed by atoms with Crippen LogP contribution in [0.1, 0.15) is 13.3 Å². The van der Waals surface area contributed by atoms with Crippen LogP contribution in [0.3, 0.4) is 0 Å². The fraction of sp³-hybridized carbons (Fsp3) is 0.438. The average molecular weight is 351 g/mol. The second kappa shape index (κ2) is 8.41. The van der Waals surface area contributed by atoms with Gasteiger partial charge in [0.1, 0.15) is 6.42 Å². The molecule has 0 atom stereocenters. The topological polar surface area (TPSA) is 85.7 Å². The highest BCUT2D eigenvalue weighted by Crippen LogP contribution is 2.34. The number of carbonyl (C=O) groups is 2. The Labute approximate surface area is 145 Å². The molecular weight excluding hydrogens is 332 g/mol. The van der Waals surface area contributed by atoms with Gasteiger partial charge in [-0.1, -0.05) is 17.7 Å². The Hall–Kier alpha value is -2.46. The normalized spacial score (nSPS) is 14.0. The van der Waals surface area contributed by atoms with E-state index in [4.69, 9.17) is 21.6 Å². The number of ether oxygens (including phenoxy) is 1. The van der Waals surface area contributed by atoms with Gasteiger partial charge in [0.25, 0.3) is 0 Å². The minimum Gasteiger partial charge on any atom is -0.450 e. The van der Waals surface area contributed by atoms with Crippen LogP contribution >= 0.6 is 11.6 Å². The second-order valence-corrected chi connectivity index (χ2v) is 5.60. The third-order valence-corrected chi connectivity index (χ3v) is 3.93. The Kier molecular flexibility index (Phi) is 6.27. The van der Waals surface area contributed by atoms with Crippen LogP contribution in [-0.2, 0) is 9.53 Å². The van der Waals surface area contributed by atoms with Gasteiger partial charge in [0.15, 0.2) is 0 Å². The van der Waals surface area contributed by atoms with Crippen LogP contribution in [0, 0.1) is 11.3 Å². The number of benzene rings is 1. The molecule has 1 heterocycles. The van der Waals surface area contributed by atoms with Crippen LogP contribution < -0.4 is 10.2 Å². The summed E-state index contributed by atoms with van der Waals surface area (Å²) in [5.41, 5.74) is 1.27. The molecule has 1 aromatic carbocycles. The van der Waals surface area contributed by atoms with Gasteiger partial charge in [0.2, 0.25) is 5.91 Å². The van der Waals surface area contributed by atoms with E-state index < -0.39 is 0 Å². The van der Waals surface area contributed by atoms with Crippen molar-refractivity contribution in [1.82, 2.24) is 4.90 Å². The minimum absolute atomic E-state index is 0.220. The van der Waals surface area contributed by atoms with Gasteiger partial charge in [-0.25, -0.2) is 4.79 Å². The highest BCUT2D eigenvalue weighted by atomic mass is 35.5. The summed E-state index contributed by atoms with van der Waals surface area (Å²) in [7, 11) is 0. The summed E-state index contributed by atoms with van der Waals surface area (Å²) in [5.74, 6) is -0.383. The summed E-state index contributed by atoms with van der Waals surface area (Å²) >= 11 is 6.31. The van der Waals surface area contributed by atoms with Crippen molar-refractivity contribution >= 4 is 35.0 Å². The lowest BCUT2D eigenvalue weighted by Crippen LogP contribution is -2.49. The molecule has 8 heteroatoms. The highest BCUT2D eigenvalue weighted by molar-refractivity contribution is 6.34. The van der Waals surface area contributed by atoms with Crippen molar-refractivity contribution in [3.8, 4) is 6.07 Å². The van der Waals surface area contributed by atoms with E-state index in [1.54, 1.807) is 30.0 Å². The molecule has 0 saturated carbocycles. The molecule has 0 bridgehead atoms. The Bertz CT molecular complexity index is 651. The number of anilines is 2. The fourth-order valence-electron chi connectivity index (χ4n) is 2.53. The molecule has 1 fully saturated rings. The number of nitrogens with zero attached hydrogens (tertiary/aromatic N) is 3. The summed E-state index contributed by atoms with van der Waals surface area (Å²) in [4.78, 5) is 27.1. The van der Waals surface area contributed by atoms with E-state index in [0.717, 1.165) is 0 Å². The third-order valence-electron chi connectivity index (χ3n) is 3.62. The first-order chi connectivity index (χ1) is 11.6. The van der Waals surface area contributed by atoms with Gasteiger partial charge in [-0.2, -0.15) is 5.26 Å². The molecule has 0 radical (unpaired) electrons. The number of halogens is 1. The fourth-order valence-corrected chi connectivity index (χ4v) is 2.83. The predicted molar refractivity (Wildman–Crippen MR) is 91.1 cm³/mol. The zero-order valence-corrected chi connectivity index (χ0v) is 14.2. The van der Waals surface area contributed by atoms with E-state index in [1.807, 2.05) is 11.0 Å². The van der Waals surface area contributed by atoms with Crippen molar-refractivity contribution in [1.29, 1.82) is 5.26 Å². The van der Waals surface area contributed by atoms with Crippen LogP contribution in [0.2, 0.25) is 5.02 Å². The van der Waals surface area contributed by atoms with E-state index >= 15 is 0 Å². The maximum absolute atomic E-state index is 11.8. The summed E-state index contributed by atoms with van der Waals surface area (Å²) in [6.45, 7) is 4.28. The standard InChI is InChI=1S/C16H19ClN4O3/c1-2-24-16(23)21-10-8-20(9-11-21)15-12(17)4-3-5-13(15)19-14(22)6-7-18/h3-5H,2,6,8-11H2,1H3,(H,19,22). The average Bonchev–Trinajstić information content (AvgIpc) is 2.56. The summed E-state index contributed by atoms with van der Waals surface area (Å²) in [5, 5.41) is 11.8. The molecule has 2 amide bonds. The number of nitriles is 1. The molecule has 1 aliphatic heterocycles. The largest absolute Gasteiger partial charge is 0.450 e. The van der Waals surface area contributed by atoms with Gasteiger partial charge in [-0.15, -0.1) is 0 Å².